The minimum Gasteiger partial charge on any atom is -0.338 e. The number of aromatic nitrogens is 2. The number of hydrogen-bond acceptors (Lipinski definition) is 4. The van der Waals surface area contributed by atoms with Crippen LogP contribution in [0.15, 0.2) is 12.4 Å². The van der Waals surface area contributed by atoms with Crippen molar-refractivity contribution in [3.8, 4) is 0 Å². The first kappa shape index (κ1) is 15.2. The largest absolute Gasteiger partial charge is 0.338 e. The molecular weight excluding hydrogens is 248 g/mol. The van der Waals surface area contributed by atoms with Crippen LogP contribution in [-0.4, -0.2) is 29.1 Å². The molecule has 0 aromatic carbocycles. The molecule has 1 aromatic heterocycles. The molecule has 0 aliphatic carbocycles. The number of nitrogens with zero attached hydrogens (tertiary/aromatic N) is 3. The topological polar surface area (TPSA) is 41.1 Å². The van der Waals surface area contributed by atoms with E-state index in [1.165, 1.54) is 12.8 Å². The fraction of sp³-hybridized carbons (Fsp3) is 0.750. The van der Waals surface area contributed by atoms with Crippen molar-refractivity contribution in [3.05, 3.63) is 18.0 Å². The van der Waals surface area contributed by atoms with Crippen molar-refractivity contribution in [2.75, 3.05) is 18.0 Å². The number of anilines is 1. The maximum Gasteiger partial charge on any atom is 0.225 e. The molecule has 1 atom stereocenters. The van der Waals surface area contributed by atoms with E-state index in [1.54, 1.807) is 0 Å². The van der Waals surface area contributed by atoms with Crippen LogP contribution in [0.5, 0.6) is 0 Å². The summed E-state index contributed by atoms with van der Waals surface area (Å²) in [7, 11) is 0. The smallest absolute Gasteiger partial charge is 0.225 e. The van der Waals surface area contributed by atoms with Crippen molar-refractivity contribution in [3.63, 3.8) is 0 Å². The Labute approximate surface area is 123 Å². The van der Waals surface area contributed by atoms with E-state index in [4.69, 9.17) is 0 Å². The van der Waals surface area contributed by atoms with E-state index in [0.717, 1.165) is 31.1 Å². The van der Waals surface area contributed by atoms with Gasteiger partial charge in [0.05, 0.1) is 0 Å². The third-order valence-corrected chi connectivity index (χ3v) is 3.90. The van der Waals surface area contributed by atoms with Gasteiger partial charge in [-0.15, -0.1) is 0 Å². The van der Waals surface area contributed by atoms with Crippen LogP contribution in [0.2, 0.25) is 0 Å². The fourth-order valence-corrected chi connectivity index (χ4v) is 2.83. The highest BCUT2D eigenvalue weighted by molar-refractivity contribution is 5.33. The molecule has 1 N–H and O–H groups in total. The minimum absolute atomic E-state index is 0.597. The number of hydrogen-bond donors (Lipinski definition) is 1. The van der Waals surface area contributed by atoms with E-state index < -0.39 is 0 Å². The molecule has 1 unspecified atom stereocenters. The molecule has 0 bridgehead atoms. The minimum atomic E-state index is 0.597. The predicted octanol–water partition coefficient (Wildman–Crippen LogP) is 2.85. The van der Waals surface area contributed by atoms with Crippen molar-refractivity contribution < 1.29 is 0 Å². The molecule has 1 saturated heterocycles. The molecule has 4 heteroatoms. The number of nitrogens with one attached hydrogen (secondary N) is 1. The second-order valence-corrected chi connectivity index (χ2v) is 6.56. The van der Waals surface area contributed by atoms with Gasteiger partial charge in [-0.25, -0.2) is 9.97 Å². The zero-order valence-corrected chi connectivity index (χ0v) is 13.3. The molecule has 4 nitrogen and oxygen atoms in total. The molecule has 0 radical (unpaired) electrons. The van der Waals surface area contributed by atoms with E-state index in [2.05, 4.69) is 47.9 Å². The first-order chi connectivity index (χ1) is 9.58. The van der Waals surface area contributed by atoms with Crippen LogP contribution < -0.4 is 10.2 Å². The van der Waals surface area contributed by atoms with Gasteiger partial charge in [-0.1, -0.05) is 27.7 Å². The lowest BCUT2D eigenvalue weighted by molar-refractivity contribution is 0.486. The van der Waals surface area contributed by atoms with Crippen LogP contribution in [0.4, 0.5) is 5.95 Å². The molecule has 1 fully saturated rings. The van der Waals surface area contributed by atoms with E-state index >= 15 is 0 Å². The van der Waals surface area contributed by atoms with Gasteiger partial charge in [0.15, 0.2) is 0 Å². The molecule has 1 aromatic rings. The van der Waals surface area contributed by atoms with E-state index in [-0.39, 0.29) is 0 Å². The Bertz CT molecular complexity index is 399. The van der Waals surface area contributed by atoms with Gasteiger partial charge in [0.2, 0.25) is 5.95 Å². The summed E-state index contributed by atoms with van der Waals surface area (Å²) in [5.41, 5.74) is 1.16. The SMILES string of the molecule is CC(C)CNCc1cnc(N2CCCC2C(C)C)nc1. The number of rotatable bonds is 6. The van der Waals surface area contributed by atoms with Crippen LogP contribution in [0.1, 0.15) is 46.1 Å². The maximum atomic E-state index is 4.57. The van der Waals surface area contributed by atoms with Crippen molar-refractivity contribution >= 4 is 5.95 Å². The standard InChI is InChI=1S/C16H28N4/c1-12(2)8-17-9-14-10-18-16(19-11-14)20-7-5-6-15(20)13(3)4/h10-13,15,17H,5-9H2,1-4H3. The molecular formula is C16H28N4. The highest BCUT2D eigenvalue weighted by Crippen LogP contribution is 2.26. The van der Waals surface area contributed by atoms with Crippen molar-refractivity contribution in [1.29, 1.82) is 0 Å². The molecule has 20 heavy (non-hydrogen) atoms. The van der Waals surface area contributed by atoms with Crippen molar-refractivity contribution in [1.82, 2.24) is 15.3 Å². The monoisotopic (exact) mass is 276 g/mol. The van der Waals surface area contributed by atoms with Gasteiger partial charge in [0.25, 0.3) is 0 Å². The Morgan fingerprint density at radius 2 is 1.95 bits per heavy atom. The average Bonchev–Trinajstić information content (AvgIpc) is 2.88. The van der Waals surface area contributed by atoms with Gasteiger partial charge in [-0.3, -0.25) is 0 Å². The summed E-state index contributed by atoms with van der Waals surface area (Å²) >= 11 is 0. The van der Waals surface area contributed by atoms with Crippen molar-refractivity contribution in [2.45, 2.75) is 53.1 Å². The third-order valence-electron chi connectivity index (χ3n) is 3.90. The molecule has 1 aliphatic rings. The highest BCUT2D eigenvalue weighted by atomic mass is 15.3. The normalized spacial score (nSPS) is 19.3. The Balaban J connectivity index is 1.94. The van der Waals surface area contributed by atoms with Crippen LogP contribution >= 0.6 is 0 Å². The Hall–Kier alpha value is -1.16. The van der Waals surface area contributed by atoms with Crippen LogP contribution in [0.25, 0.3) is 0 Å². The zero-order valence-electron chi connectivity index (χ0n) is 13.3. The Morgan fingerprint density at radius 3 is 2.55 bits per heavy atom. The lowest BCUT2D eigenvalue weighted by atomic mass is 10.0. The summed E-state index contributed by atoms with van der Waals surface area (Å²) in [5.74, 6) is 2.23. The summed E-state index contributed by atoms with van der Waals surface area (Å²) in [5, 5.41) is 3.42. The van der Waals surface area contributed by atoms with E-state index in [0.29, 0.717) is 17.9 Å². The summed E-state index contributed by atoms with van der Waals surface area (Å²) in [4.78, 5) is 11.5. The molecule has 2 heterocycles. The van der Waals surface area contributed by atoms with Gasteiger partial charge in [0, 0.05) is 37.1 Å². The highest BCUT2D eigenvalue weighted by Gasteiger charge is 2.28. The lowest BCUT2D eigenvalue weighted by Gasteiger charge is -2.27. The van der Waals surface area contributed by atoms with Crippen LogP contribution in [0.3, 0.4) is 0 Å². The molecule has 112 valence electrons. The van der Waals surface area contributed by atoms with E-state index in [9.17, 15) is 0 Å². The van der Waals surface area contributed by atoms with Crippen LogP contribution in [0, 0.1) is 11.8 Å². The van der Waals surface area contributed by atoms with Gasteiger partial charge >= 0.3 is 0 Å². The van der Waals surface area contributed by atoms with Crippen molar-refractivity contribution in [2.24, 2.45) is 11.8 Å². The molecule has 2 rings (SSSR count). The van der Waals surface area contributed by atoms with Gasteiger partial charge in [0.1, 0.15) is 0 Å². The predicted molar refractivity (Wildman–Crippen MR) is 83.8 cm³/mol. The van der Waals surface area contributed by atoms with Crippen LogP contribution in [-0.2, 0) is 6.54 Å². The fourth-order valence-electron chi connectivity index (χ4n) is 2.83. The van der Waals surface area contributed by atoms with Gasteiger partial charge in [-0.05, 0) is 31.2 Å². The average molecular weight is 276 g/mol. The van der Waals surface area contributed by atoms with E-state index in [1.807, 2.05) is 12.4 Å². The first-order valence-corrected chi connectivity index (χ1v) is 7.86. The Morgan fingerprint density at radius 1 is 1.25 bits per heavy atom. The Kier molecular flexibility index (Phi) is 5.35. The maximum absolute atomic E-state index is 4.57. The summed E-state index contributed by atoms with van der Waals surface area (Å²) in [6.45, 7) is 12.0. The second kappa shape index (κ2) is 7.02. The first-order valence-electron chi connectivity index (χ1n) is 7.86. The zero-order chi connectivity index (χ0) is 14.5. The second-order valence-electron chi connectivity index (χ2n) is 6.56. The molecule has 0 spiro atoms. The quantitative estimate of drug-likeness (QED) is 0.867. The lowest BCUT2D eigenvalue weighted by Crippen LogP contribution is -2.34. The molecule has 0 saturated carbocycles. The summed E-state index contributed by atoms with van der Waals surface area (Å²) < 4.78 is 0. The molecule has 0 amide bonds. The van der Waals surface area contributed by atoms with Gasteiger partial charge < -0.3 is 10.2 Å². The van der Waals surface area contributed by atoms with Gasteiger partial charge in [-0.2, -0.15) is 0 Å². The molecule has 1 aliphatic heterocycles. The summed E-state index contributed by atoms with van der Waals surface area (Å²) in [6, 6.07) is 0.597. The summed E-state index contributed by atoms with van der Waals surface area (Å²) in [6.07, 6.45) is 6.44. The third kappa shape index (κ3) is 3.92.